The first-order chi connectivity index (χ1) is 8.00. The van der Waals surface area contributed by atoms with Gasteiger partial charge in [-0.2, -0.15) is 4.98 Å². The molecule has 0 aliphatic rings. The van der Waals surface area contributed by atoms with Crippen LogP contribution in [0.25, 0.3) is 0 Å². The molecule has 0 aliphatic carbocycles. The highest BCUT2D eigenvalue weighted by Gasteiger charge is 2.01. The van der Waals surface area contributed by atoms with Crippen LogP contribution < -0.4 is 11.0 Å². The molecule has 1 aromatic rings. The lowest BCUT2D eigenvalue weighted by Gasteiger charge is -2.12. The summed E-state index contributed by atoms with van der Waals surface area (Å²) in [5, 5.41) is 3.31. The summed E-state index contributed by atoms with van der Waals surface area (Å²) >= 11 is 0. The zero-order valence-corrected chi connectivity index (χ0v) is 11.2. The Morgan fingerprint density at radius 3 is 2.65 bits per heavy atom. The quantitative estimate of drug-likeness (QED) is 0.709. The molecule has 0 atom stereocenters. The maximum atomic E-state index is 11.6. The maximum absolute atomic E-state index is 11.6. The number of hydrogen-bond donors (Lipinski definition) is 1. The van der Waals surface area contributed by atoms with Crippen molar-refractivity contribution in [1.29, 1.82) is 0 Å². The van der Waals surface area contributed by atoms with Crippen molar-refractivity contribution < 1.29 is 0 Å². The molecule has 96 valence electrons. The van der Waals surface area contributed by atoms with E-state index in [0.717, 1.165) is 31.0 Å². The van der Waals surface area contributed by atoms with Gasteiger partial charge in [0, 0.05) is 37.6 Å². The first-order valence-electron chi connectivity index (χ1n) is 5.91. The predicted octanol–water partition coefficient (Wildman–Crippen LogP) is 0.0113. The lowest BCUT2D eigenvalue weighted by Crippen LogP contribution is -2.33. The smallest absolute Gasteiger partial charge is 0.314 e. The molecule has 5 nitrogen and oxygen atoms in total. The van der Waals surface area contributed by atoms with E-state index in [4.69, 9.17) is 0 Å². The summed E-state index contributed by atoms with van der Waals surface area (Å²) in [5.41, 5.74) is 1.60. The first-order valence-corrected chi connectivity index (χ1v) is 5.91. The van der Waals surface area contributed by atoms with Crippen LogP contribution in [0.2, 0.25) is 0 Å². The second kappa shape index (κ2) is 6.51. The summed E-state index contributed by atoms with van der Waals surface area (Å²) in [7, 11) is 4.08. The van der Waals surface area contributed by atoms with Crippen LogP contribution in [0.3, 0.4) is 0 Å². The molecule has 1 rings (SSSR count). The third-order valence-electron chi connectivity index (χ3n) is 2.59. The van der Waals surface area contributed by atoms with E-state index in [2.05, 4.69) is 15.2 Å². The van der Waals surface area contributed by atoms with Crippen molar-refractivity contribution >= 4 is 0 Å². The molecule has 0 aliphatic heterocycles. The standard InChI is InChI=1S/C12H22N4O/c1-10-9-11(2)16(12(17)14-10)8-6-13-5-7-15(3)4/h9,13H,5-8H2,1-4H3. The van der Waals surface area contributed by atoms with Gasteiger partial charge in [-0.1, -0.05) is 0 Å². The Balaban J connectivity index is 2.45. The number of hydrogen-bond acceptors (Lipinski definition) is 4. The summed E-state index contributed by atoms with van der Waals surface area (Å²) < 4.78 is 1.70. The van der Waals surface area contributed by atoms with Crippen molar-refractivity contribution in [2.45, 2.75) is 20.4 Å². The molecule has 1 aromatic heterocycles. The Labute approximate surface area is 102 Å². The fraction of sp³-hybridized carbons (Fsp3) is 0.667. The number of rotatable bonds is 6. The number of aromatic nitrogens is 2. The Morgan fingerprint density at radius 2 is 2.06 bits per heavy atom. The van der Waals surface area contributed by atoms with Crippen LogP contribution in [-0.2, 0) is 6.54 Å². The Bertz CT molecular complexity index is 411. The van der Waals surface area contributed by atoms with E-state index in [1.165, 1.54) is 0 Å². The highest BCUT2D eigenvalue weighted by atomic mass is 16.1. The first kappa shape index (κ1) is 13.9. The molecule has 0 bridgehead atoms. The average Bonchev–Trinajstić information content (AvgIpc) is 2.20. The fourth-order valence-corrected chi connectivity index (χ4v) is 1.67. The number of nitrogens with zero attached hydrogens (tertiary/aromatic N) is 3. The van der Waals surface area contributed by atoms with Crippen molar-refractivity contribution in [3.05, 3.63) is 27.9 Å². The minimum absolute atomic E-state index is 0.156. The van der Waals surface area contributed by atoms with Gasteiger partial charge in [-0.15, -0.1) is 0 Å². The second-order valence-corrected chi connectivity index (χ2v) is 4.53. The predicted molar refractivity (Wildman–Crippen MR) is 69.4 cm³/mol. The van der Waals surface area contributed by atoms with Gasteiger partial charge in [-0.3, -0.25) is 4.57 Å². The van der Waals surface area contributed by atoms with Crippen LogP contribution in [0.1, 0.15) is 11.4 Å². The number of aryl methyl sites for hydroxylation is 2. The van der Waals surface area contributed by atoms with Crippen LogP contribution in [0.15, 0.2) is 10.9 Å². The minimum atomic E-state index is -0.156. The van der Waals surface area contributed by atoms with E-state index in [9.17, 15) is 4.79 Å². The fourth-order valence-electron chi connectivity index (χ4n) is 1.67. The van der Waals surface area contributed by atoms with Crippen LogP contribution in [0, 0.1) is 13.8 Å². The minimum Gasteiger partial charge on any atom is -0.314 e. The molecule has 0 saturated carbocycles. The Hall–Kier alpha value is -1.20. The molecule has 0 radical (unpaired) electrons. The van der Waals surface area contributed by atoms with Gasteiger partial charge in [0.2, 0.25) is 0 Å². The highest BCUT2D eigenvalue weighted by Crippen LogP contribution is 1.95. The molecule has 0 aromatic carbocycles. The van der Waals surface area contributed by atoms with Crippen molar-refractivity contribution in [2.24, 2.45) is 0 Å². The molecule has 0 fully saturated rings. The van der Waals surface area contributed by atoms with Gasteiger partial charge >= 0.3 is 5.69 Å². The summed E-state index contributed by atoms with van der Waals surface area (Å²) in [4.78, 5) is 17.7. The zero-order chi connectivity index (χ0) is 12.8. The Morgan fingerprint density at radius 1 is 1.35 bits per heavy atom. The van der Waals surface area contributed by atoms with E-state index < -0.39 is 0 Å². The molecule has 1 N–H and O–H groups in total. The number of nitrogens with one attached hydrogen (secondary N) is 1. The third kappa shape index (κ3) is 4.66. The van der Waals surface area contributed by atoms with Gasteiger partial charge in [-0.25, -0.2) is 4.79 Å². The molecule has 17 heavy (non-hydrogen) atoms. The van der Waals surface area contributed by atoms with Crippen molar-refractivity contribution in [2.75, 3.05) is 33.7 Å². The molecule has 0 saturated heterocycles. The third-order valence-corrected chi connectivity index (χ3v) is 2.59. The van der Waals surface area contributed by atoms with Crippen LogP contribution in [0.4, 0.5) is 0 Å². The van der Waals surface area contributed by atoms with E-state index >= 15 is 0 Å². The van der Waals surface area contributed by atoms with Gasteiger partial charge in [0.15, 0.2) is 0 Å². The van der Waals surface area contributed by atoms with Gasteiger partial charge in [0.1, 0.15) is 0 Å². The lowest BCUT2D eigenvalue weighted by atomic mass is 10.3. The average molecular weight is 238 g/mol. The van der Waals surface area contributed by atoms with Gasteiger partial charge in [0.25, 0.3) is 0 Å². The van der Waals surface area contributed by atoms with E-state index in [-0.39, 0.29) is 5.69 Å². The molecule has 1 heterocycles. The highest BCUT2D eigenvalue weighted by molar-refractivity contribution is 5.06. The van der Waals surface area contributed by atoms with Crippen LogP contribution in [-0.4, -0.2) is 48.2 Å². The van der Waals surface area contributed by atoms with Crippen molar-refractivity contribution in [1.82, 2.24) is 19.8 Å². The number of likely N-dealkylation sites (N-methyl/N-ethyl adjacent to an activating group) is 1. The topological polar surface area (TPSA) is 50.2 Å². The maximum Gasteiger partial charge on any atom is 0.347 e. The summed E-state index contributed by atoms with van der Waals surface area (Å²) in [6.07, 6.45) is 0. The molecule has 0 unspecified atom stereocenters. The normalized spacial score (nSPS) is 11.1. The van der Waals surface area contributed by atoms with Crippen molar-refractivity contribution in [3.8, 4) is 0 Å². The van der Waals surface area contributed by atoms with E-state index in [0.29, 0.717) is 6.54 Å². The van der Waals surface area contributed by atoms with Gasteiger partial charge in [-0.05, 0) is 34.0 Å². The van der Waals surface area contributed by atoms with E-state index in [1.54, 1.807) is 4.57 Å². The Kier molecular flexibility index (Phi) is 5.31. The van der Waals surface area contributed by atoms with E-state index in [1.807, 2.05) is 34.0 Å². The molecule has 0 amide bonds. The summed E-state index contributed by atoms with van der Waals surface area (Å²) in [6, 6.07) is 1.93. The SMILES string of the molecule is Cc1cc(C)n(CCNCCN(C)C)c(=O)n1. The second-order valence-electron chi connectivity index (χ2n) is 4.53. The van der Waals surface area contributed by atoms with Crippen LogP contribution in [0.5, 0.6) is 0 Å². The monoisotopic (exact) mass is 238 g/mol. The molecular formula is C12H22N4O. The molecule has 5 heteroatoms. The molecular weight excluding hydrogens is 216 g/mol. The summed E-state index contributed by atoms with van der Waals surface area (Å²) in [6.45, 7) is 7.18. The largest absolute Gasteiger partial charge is 0.347 e. The van der Waals surface area contributed by atoms with Crippen LogP contribution >= 0.6 is 0 Å². The van der Waals surface area contributed by atoms with Crippen molar-refractivity contribution in [3.63, 3.8) is 0 Å². The van der Waals surface area contributed by atoms with Gasteiger partial charge in [0.05, 0.1) is 0 Å². The zero-order valence-electron chi connectivity index (χ0n) is 11.2. The summed E-state index contributed by atoms with van der Waals surface area (Å²) in [5.74, 6) is 0. The van der Waals surface area contributed by atoms with Gasteiger partial charge < -0.3 is 10.2 Å². The molecule has 0 spiro atoms. The lowest BCUT2D eigenvalue weighted by molar-refractivity contribution is 0.397.